The van der Waals surface area contributed by atoms with E-state index in [9.17, 15) is 4.79 Å². The highest BCUT2D eigenvalue weighted by atomic mass is 127. The average molecular weight is 411 g/mol. The van der Waals surface area contributed by atoms with Gasteiger partial charge in [0.05, 0.1) is 11.2 Å². The van der Waals surface area contributed by atoms with E-state index in [1.807, 2.05) is 32.0 Å². The Kier molecular flexibility index (Phi) is 5.40. The third-order valence-corrected chi connectivity index (χ3v) is 4.22. The van der Waals surface area contributed by atoms with Crippen LogP contribution in [0.5, 0.6) is 0 Å². The molecule has 1 amide bonds. The monoisotopic (exact) mass is 410 g/mol. The van der Waals surface area contributed by atoms with Crippen LogP contribution in [0.25, 0.3) is 0 Å². The molecule has 0 spiro atoms. The van der Waals surface area contributed by atoms with Gasteiger partial charge in [-0.1, -0.05) is 13.8 Å². The smallest absolute Gasteiger partial charge is 0.244 e. The molecule has 94 valence electrons. The van der Waals surface area contributed by atoms with Gasteiger partial charge in [-0.05, 0) is 69.6 Å². The summed E-state index contributed by atoms with van der Waals surface area (Å²) in [6.07, 6.45) is 1.24. The number of carbonyl (C=O) groups is 1. The average Bonchev–Trinajstić information content (AvgIpc) is 2.31. The lowest BCUT2D eigenvalue weighted by Gasteiger charge is -2.25. The molecule has 0 aromatic heterocycles. The largest absolute Gasteiger partial charge is 0.323 e. The van der Waals surface area contributed by atoms with Crippen molar-refractivity contribution in [1.29, 1.82) is 0 Å². The molecule has 0 aliphatic carbocycles. The second-order valence-electron chi connectivity index (χ2n) is 3.94. The number of benzene rings is 1. The maximum Gasteiger partial charge on any atom is 0.244 e. The van der Waals surface area contributed by atoms with E-state index in [2.05, 4.69) is 43.8 Å². The molecule has 0 heterocycles. The minimum atomic E-state index is -0.789. The molecule has 1 aromatic rings. The van der Waals surface area contributed by atoms with Crippen molar-refractivity contribution in [3.8, 4) is 0 Å². The highest BCUT2D eigenvalue weighted by Gasteiger charge is 2.30. The maximum atomic E-state index is 12.1. The Morgan fingerprint density at radius 2 is 2.06 bits per heavy atom. The van der Waals surface area contributed by atoms with E-state index in [1.54, 1.807) is 0 Å². The number of hydrogen-bond acceptors (Lipinski definition) is 2. The first-order chi connectivity index (χ1) is 7.92. The number of halogens is 2. The molecule has 17 heavy (non-hydrogen) atoms. The van der Waals surface area contributed by atoms with E-state index in [4.69, 9.17) is 5.73 Å². The Bertz CT molecular complexity index is 419. The van der Waals surface area contributed by atoms with Crippen LogP contribution in [0.2, 0.25) is 0 Å². The first-order valence-electron chi connectivity index (χ1n) is 5.48. The summed E-state index contributed by atoms with van der Waals surface area (Å²) in [5, 5.41) is 2.87. The quantitative estimate of drug-likeness (QED) is 0.746. The zero-order valence-corrected chi connectivity index (χ0v) is 13.6. The van der Waals surface area contributed by atoms with Crippen LogP contribution < -0.4 is 11.1 Å². The number of hydrogen-bond donors (Lipinski definition) is 2. The van der Waals surface area contributed by atoms with Crippen LogP contribution in [0.1, 0.15) is 26.7 Å². The Morgan fingerprint density at radius 1 is 1.47 bits per heavy atom. The van der Waals surface area contributed by atoms with E-state index in [-0.39, 0.29) is 5.91 Å². The van der Waals surface area contributed by atoms with Gasteiger partial charge in [-0.2, -0.15) is 0 Å². The summed E-state index contributed by atoms with van der Waals surface area (Å²) in [6.45, 7) is 3.85. The molecule has 1 aromatic carbocycles. The first kappa shape index (κ1) is 14.9. The number of nitrogens with two attached hydrogens (primary N) is 1. The highest BCUT2D eigenvalue weighted by molar-refractivity contribution is 14.1. The summed E-state index contributed by atoms with van der Waals surface area (Å²) in [5.41, 5.74) is 6.01. The Labute approximate surface area is 124 Å². The Hall–Kier alpha value is -0.140. The van der Waals surface area contributed by atoms with E-state index in [0.29, 0.717) is 12.8 Å². The molecule has 0 aliphatic rings. The molecule has 3 nitrogen and oxygen atoms in total. The molecular formula is C12H16BrIN2O. The van der Waals surface area contributed by atoms with E-state index >= 15 is 0 Å². The minimum absolute atomic E-state index is 0.135. The van der Waals surface area contributed by atoms with Gasteiger partial charge in [-0.15, -0.1) is 0 Å². The van der Waals surface area contributed by atoms with Crippen LogP contribution in [0.3, 0.4) is 0 Å². The molecule has 5 heteroatoms. The maximum absolute atomic E-state index is 12.1. The summed E-state index contributed by atoms with van der Waals surface area (Å²) < 4.78 is 1.98. The van der Waals surface area contributed by atoms with Gasteiger partial charge in [0.1, 0.15) is 0 Å². The Balaban J connectivity index is 2.88. The molecule has 0 saturated heterocycles. The van der Waals surface area contributed by atoms with Crippen molar-refractivity contribution in [2.24, 2.45) is 5.73 Å². The third-order valence-electron chi connectivity index (χ3n) is 2.89. The van der Waals surface area contributed by atoms with Crippen molar-refractivity contribution in [2.75, 3.05) is 5.32 Å². The fourth-order valence-electron chi connectivity index (χ4n) is 1.41. The number of anilines is 1. The predicted molar refractivity (Wildman–Crippen MR) is 83.0 cm³/mol. The molecule has 0 atom stereocenters. The van der Waals surface area contributed by atoms with Crippen molar-refractivity contribution >= 4 is 50.1 Å². The van der Waals surface area contributed by atoms with Gasteiger partial charge in [0.2, 0.25) is 5.91 Å². The topological polar surface area (TPSA) is 55.1 Å². The summed E-state index contributed by atoms with van der Waals surface area (Å²) in [5.74, 6) is -0.135. The van der Waals surface area contributed by atoms with Crippen LogP contribution in [0, 0.1) is 3.57 Å². The minimum Gasteiger partial charge on any atom is -0.323 e. The normalized spacial score (nSPS) is 11.4. The molecule has 1 rings (SSSR count). The van der Waals surface area contributed by atoms with Crippen LogP contribution in [0.15, 0.2) is 22.7 Å². The van der Waals surface area contributed by atoms with Gasteiger partial charge in [0, 0.05) is 8.04 Å². The van der Waals surface area contributed by atoms with Gasteiger partial charge in [0.25, 0.3) is 0 Å². The van der Waals surface area contributed by atoms with Gasteiger partial charge >= 0.3 is 0 Å². The van der Waals surface area contributed by atoms with E-state index < -0.39 is 5.54 Å². The molecule has 0 radical (unpaired) electrons. The molecule has 0 unspecified atom stereocenters. The molecule has 3 N–H and O–H groups in total. The summed E-state index contributed by atoms with van der Waals surface area (Å²) >= 11 is 5.65. The number of amides is 1. The van der Waals surface area contributed by atoms with Gasteiger partial charge < -0.3 is 11.1 Å². The predicted octanol–water partition coefficient (Wildman–Crippen LogP) is 3.51. The summed E-state index contributed by atoms with van der Waals surface area (Å²) in [7, 11) is 0. The van der Waals surface area contributed by atoms with Crippen molar-refractivity contribution in [1.82, 2.24) is 0 Å². The number of rotatable bonds is 4. The summed E-state index contributed by atoms with van der Waals surface area (Å²) in [6, 6.07) is 5.76. The fraction of sp³-hybridized carbons (Fsp3) is 0.417. The number of nitrogens with one attached hydrogen (secondary N) is 1. The zero-order valence-electron chi connectivity index (χ0n) is 9.89. The van der Waals surface area contributed by atoms with Gasteiger partial charge in [-0.3, -0.25) is 4.79 Å². The van der Waals surface area contributed by atoms with Crippen LogP contribution in [0.4, 0.5) is 5.69 Å². The molecule has 0 fully saturated rings. The molecule has 0 bridgehead atoms. The lowest BCUT2D eigenvalue weighted by molar-refractivity contribution is -0.121. The van der Waals surface area contributed by atoms with Crippen molar-refractivity contribution in [3.05, 3.63) is 26.2 Å². The molecule has 0 aliphatic heterocycles. The van der Waals surface area contributed by atoms with E-state index in [1.165, 1.54) is 0 Å². The van der Waals surface area contributed by atoms with Crippen molar-refractivity contribution in [2.45, 2.75) is 32.2 Å². The fourth-order valence-corrected chi connectivity index (χ4v) is 2.81. The van der Waals surface area contributed by atoms with Crippen molar-refractivity contribution in [3.63, 3.8) is 0 Å². The van der Waals surface area contributed by atoms with Crippen LogP contribution in [-0.4, -0.2) is 11.4 Å². The standard InChI is InChI=1S/C12H16BrIN2O/c1-3-12(15,4-2)11(17)16-10-6-5-8(14)7-9(10)13/h5-7H,3-4,15H2,1-2H3,(H,16,17). The second kappa shape index (κ2) is 6.15. The van der Waals surface area contributed by atoms with Crippen LogP contribution in [-0.2, 0) is 4.79 Å². The molecular weight excluding hydrogens is 395 g/mol. The SMILES string of the molecule is CCC(N)(CC)C(=O)Nc1ccc(I)cc1Br. The van der Waals surface area contributed by atoms with Gasteiger partial charge in [-0.25, -0.2) is 0 Å². The second-order valence-corrected chi connectivity index (χ2v) is 6.04. The first-order valence-corrected chi connectivity index (χ1v) is 7.35. The molecule has 0 saturated carbocycles. The Morgan fingerprint density at radius 3 is 2.53 bits per heavy atom. The summed E-state index contributed by atoms with van der Waals surface area (Å²) in [4.78, 5) is 12.1. The van der Waals surface area contributed by atoms with Crippen molar-refractivity contribution < 1.29 is 4.79 Å². The number of carbonyl (C=O) groups excluding carboxylic acids is 1. The lowest BCUT2D eigenvalue weighted by atomic mass is 9.93. The van der Waals surface area contributed by atoms with E-state index in [0.717, 1.165) is 13.7 Å². The third kappa shape index (κ3) is 3.66. The lowest BCUT2D eigenvalue weighted by Crippen LogP contribution is -2.50. The van der Waals surface area contributed by atoms with Crippen LogP contribution >= 0.6 is 38.5 Å². The van der Waals surface area contributed by atoms with Gasteiger partial charge in [0.15, 0.2) is 0 Å². The zero-order chi connectivity index (χ0) is 13.1. The highest BCUT2D eigenvalue weighted by Crippen LogP contribution is 2.25.